The Morgan fingerprint density at radius 2 is 2.41 bits per heavy atom. The van der Waals surface area contributed by atoms with Crippen LogP contribution in [-0.2, 0) is 4.74 Å². The summed E-state index contributed by atoms with van der Waals surface area (Å²) < 4.78 is 20.0. The van der Waals surface area contributed by atoms with Gasteiger partial charge < -0.3 is 9.84 Å². The van der Waals surface area contributed by atoms with Gasteiger partial charge in [-0.2, -0.15) is 0 Å². The van der Waals surface area contributed by atoms with Crippen molar-refractivity contribution in [2.75, 3.05) is 13.2 Å². The third-order valence-corrected chi connectivity index (χ3v) is 2.81. The third-order valence-electron chi connectivity index (χ3n) is 2.81. The van der Waals surface area contributed by atoms with Crippen LogP contribution < -0.4 is 11.2 Å². The summed E-state index contributed by atoms with van der Waals surface area (Å²) in [5.74, 6) is 0. The molecule has 0 aromatic carbocycles. The fraction of sp³-hybridized carbons (Fsp3) is 0.600. The number of hydrogen-bond acceptors (Lipinski definition) is 4. The fourth-order valence-corrected chi connectivity index (χ4v) is 1.77. The van der Waals surface area contributed by atoms with Crippen molar-refractivity contribution in [1.29, 1.82) is 0 Å². The van der Waals surface area contributed by atoms with Gasteiger partial charge in [0.05, 0.1) is 13.2 Å². The zero-order chi connectivity index (χ0) is 12.6. The number of nitrogens with zero attached hydrogens (tertiary/aromatic N) is 1. The summed E-state index contributed by atoms with van der Waals surface area (Å²) in [6.45, 7) is 0.623. The van der Waals surface area contributed by atoms with Gasteiger partial charge in [-0.05, 0) is 6.92 Å². The van der Waals surface area contributed by atoms with Gasteiger partial charge in [0, 0.05) is 18.2 Å². The van der Waals surface area contributed by atoms with E-state index in [2.05, 4.69) is 4.98 Å². The second-order valence-electron chi connectivity index (χ2n) is 4.26. The Kier molecular flexibility index (Phi) is 2.88. The van der Waals surface area contributed by atoms with Gasteiger partial charge in [-0.3, -0.25) is 14.3 Å². The van der Waals surface area contributed by atoms with Crippen molar-refractivity contribution >= 4 is 0 Å². The number of aliphatic hydroxyl groups excluding tert-OH is 1. The largest absolute Gasteiger partial charge is 0.393 e. The zero-order valence-corrected chi connectivity index (χ0v) is 9.27. The molecule has 94 valence electrons. The average Bonchev–Trinajstić information content (AvgIpc) is 2.67. The first-order valence-electron chi connectivity index (χ1n) is 5.19. The molecule has 2 atom stereocenters. The molecule has 0 radical (unpaired) electrons. The van der Waals surface area contributed by atoms with Crippen molar-refractivity contribution in [3.8, 4) is 0 Å². The smallest absolute Gasteiger partial charge is 0.330 e. The van der Waals surface area contributed by atoms with Gasteiger partial charge >= 0.3 is 5.69 Å². The Bertz CT molecular complexity index is 538. The molecule has 17 heavy (non-hydrogen) atoms. The van der Waals surface area contributed by atoms with Crippen molar-refractivity contribution < 1.29 is 14.2 Å². The lowest BCUT2D eigenvalue weighted by Gasteiger charge is -2.15. The Hall–Kier alpha value is -1.47. The van der Waals surface area contributed by atoms with E-state index in [0.29, 0.717) is 5.56 Å². The molecule has 1 aromatic heterocycles. The average molecular weight is 244 g/mol. The molecular formula is C10H13FN2O4. The van der Waals surface area contributed by atoms with Gasteiger partial charge in [0.1, 0.15) is 6.23 Å². The molecule has 0 amide bonds. The maximum Gasteiger partial charge on any atom is 0.330 e. The summed E-state index contributed by atoms with van der Waals surface area (Å²) in [7, 11) is 0. The standard InChI is InChI=1S/C10H13FN2O4/c1-6-3-13(9(16)12-8(6)15)7-2-10(11,4-14)5-17-7/h3,7,14H,2,4-5H2,1H3,(H,12,15,16)/t7-,10+/m1/s1. The van der Waals surface area contributed by atoms with Crippen LogP contribution in [0.4, 0.5) is 4.39 Å². The van der Waals surface area contributed by atoms with E-state index in [1.54, 1.807) is 6.92 Å². The molecule has 0 bridgehead atoms. The van der Waals surface area contributed by atoms with Gasteiger partial charge in [0.15, 0.2) is 5.67 Å². The van der Waals surface area contributed by atoms with Crippen molar-refractivity contribution in [3.63, 3.8) is 0 Å². The van der Waals surface area contributed by atoms with Crippen molar-refractivity contribution in [2.45, 2.75) is 25.2 Å². The molecule has 1 aliphatic heterocycles. The number of halogens is 1. The predicted octanol–water partition coefficient (Wildman–Crippen LogP) is -0.535. The number of ether oxygens (including phenoxy) is 1. The van der Waals surface area contributed by atoms with E-state index in [0.717, 1.165) is 4.57 Å². The number of aromatic nitrogens is 2. The van der Waals surface area contributed by atoms with Crippen LogP contribution in [0, 0.1) is 6.92 Å². The molecule has 6 nitrogen and oxygen atoms in total. The normalized spacial score (nSPS) is 28.5. The molecule has 1 fully saturated rings. The molecule has 2 heterocycles. The molecule has 1 aliphatic rings. The number of rotatable bonds is 2. The van der Waals surface area contributed by atoms with Crippen LogP contribution in [0.1, 0.15) is 18.2 Å². The van der Waals surface area contributed by atoms with E-state index in [1.807, 2.05) is 0 Å². The molecule has 0 unspecified atom stereocenters. The number of nitrogens with one attached hydrogen (secondary N) is 1. The van der Waals surface area contributed by atoms with E-state index in [9.17, 15) is 14.0 Å². The predicted molar refractivity (Wildman–Crippen MR) is 56.6 cm³/mol. The van der Waals surface area contributed by atoms with E-state index in [-0.39, 0.29) is 13.0 Å². The van der Waals surface area contributed by atoms with Crippen LogP contribution >= 0.6 is 0 Å². The number of H-pyrrole nitrogens is 1. The highest BCUT2D eigenvalue weighted by Gasteiger charge is 2.41. The van der Waals surface area contributed by atoms with Gasteiger partial charge in [0.25, 0.3) is 5.56 Å². The molecule has 1 aromatic rings. The minimum Gasteiger partial charge on any atom is -0.393 e. The van der Waals surface area contributed by atoms with E-state index in [1.165, 1.54) is 6.20 Å². The van der Waals surface area contributed by atoms with E-state index in [4.69, 9.17) is 9.84 Å². The van der Waals surface area contributed by atoms with Crippen LogP contribution in [0.3, 0.4) is 0 Å². The van der Waals surface area contributed by atoms with Crippen LogP contribution in [0.5, 0.6) is 0 Å². The molecule has 1 saturated heterocycles. The van der Waals surface area contributed by atoms with E-state index >= 15 is 0 Å². The second-order valence-corrected chi connectivity index (χ2v) is 4.26. The third kappa shape index (κ3) is 2.16. The number of aromatic amines is 1. The molecule has 2 N–H and O–H groups in total. The van der Waals surface area contributed by atoms with Crippen molar-refractivity contribution in [1.82, 2.24) is 9.55 Å². The minimum atomic E-state index is -1.83. The molecule has 2 rings (SSSR count). The molecule has 7 heteroatoms. The summed E-state index contributed by atoms with van der Waals surface area (Å²) in [5, 5.41) is 8.86. The lowest BCUT2D eigenvalue weighted by Crippen LogP contribution is -2.34. The van der Waals surface area contributed by atoms with Crippen LogP contribution in [0.2, 0.25) is 0 Å². The summed E-state index contributed by atoms with van der Waals surface area (Å²) in [6, 6.07) is 0. The topological polar surface area (TPSA) is 84.3 Å². The second kappa shape index (κ2) is 4.08. The fourth-order valence-electron chi connectivity index (χ4n) is 1.77. The number of aryl methyl sites for hydroxylation is 1. The lowest BCUT2D eigenvalue weighted by atomic mass is 10.1. The highest BCUT2D eigenvalue weighted by Crippen LogP contribution is 2.32. The summed E-state index contributed by atoms with van der Waals surface area (Å²) in [5.41, 5.74) is -2.60. The first kappa shape index (κ1) is 12.0. The highest BCUT2D eigenvalue weighted by molar-refractivity contribution is 5.02. The maximum absolute atomic E-state index is 13.7. The zero-order valence-electron chi connectivity index (χ0n) is 9.27. The first-order valence-corrected chi connectivity index (χ1v) is 5.19. The Morgan fingerprint density at radius 3 is 3.00 bits per heavy atom. The van der Waals surface area contributed by atoms with Crippen LogP contribution in [-0.4, -0.2) is 33.5 Å². The Labute approximate surface area is 95.7 Å². The highest BCUT2D eigenvalue weighted by atomic mass is 19.1. The molecular weight excluding hydrogens is 231 g/mol. The quantitative estimate of drug-likeness (QED) is 0.732. The SMILES string of the molecule is Cc1cn([C@H]2C[C@](F)(CO)CO2)c(=O)[nH]c1=O. The summed E-state index contributed by atoms with van der Waals surface area (Å²) in [6.07, 6.45) is 0.416. The summed E-state index contributed by atoms with van der Waals surface area (Å²) >= 11 is 0. The molecule has 0 saturated carbocycles. The van der Waals surface area contributed by atoms with Crippen molar-refractivity contribution in [3.05, 3.63) is 32.6 Å². The van der Waals surface area contributed by atoms with Crippen LogP contribution in [0.25, 0.3) is 0 Å². The lowest BCUT2D eigenvalue weighted by molar-refractivity contribution is 0.0272. The number of alkyl halides is 1. The maximum atomic E-state index is 13.7. The van der Waals surface area contributed by atoms with Gasteiger partial charge in [-0.25, -0.2) is 9.18 Å². The Morgan fingerprint density at radius 1 is 1.71 bits per heavy atom. The van der Waals surface area contributed by atoms with Gasteiger partial charge in [-0.15, -0.1) is 0 Å². The molecule has 0 spiro atoms. The monoisotopic (exact) mass is 244 g/mol. The number of hydrogen-bond donors (Lipinski definition) is 2. The first-order chi connectivity index (χ1) is 7.95. The van der Waals surface area contributed by atoms with Crippen LogP contribution in [0.15, 0.2) is 15.8 Å². The summed E-state index contributed by atoms with van der Waals surface area (Å²) in [4.78, 5) is 24.8. The van der Waals surface area contributed by atoms with Gasteiger partial charge in [0.2, 0.25) is 0 Å². The van der Waals surface area contributed by atoms with Crippen molar-refractivity contribution in [2.24, 2.45) is 0 Å². The minimum absolute atomic E-state index is 0.116. The van der Waals surface area contributed by atoms with E-state index < -0.39 is 29.8 Å². The van der Waals surface area contributed by atoms with Gasteiger partial charge in [-0.1, -0.05) is 0 Å². The number of aliphatic hydroxyl groups is 1. The molecule has 0 aliphatic carbocycles. The Balaban J connectivity index is 2.34.